The molecule has 7 heteroatoms. The SMILES string of the molecule is CCN(C(=O)[C@H]1CCN(C(=O)c2ccc(OCCC(C)(C)C(=O)O)cc2)C2=C=C=CC=C21)C1CCCC1. The van der Waals surface area contributed by atoms with Crippen LogP contribution in [0.3, 0.4) is 0 Å². The molecule has 1 heterocycles. The first kappa shape index (κ1) is 26.5. The number of carbonyl (C=O) groups excluding carboxylic acids is 2. The van der Waals surface area contributed by atoms with E-state index in [9.17, 15) is 19.5 Å². The first-order chi connectivity index (χ1) is 17.7. The molecular formula is C30H36N2O5. The van der Waals surface area contributed by atoms with Gasteiger partial charge in [0, 0.05) is 24.7 Å². The van der Waals surface area contributed by atoms with E-state index in [1.54, 1.807) is 49.1 Å². The number of ether oxygens (including phenoxy) is 1. The molecule has 37 heavy (non-hydrogen) atoms. The molecule has 1 aromatic rings. The summed E-state index contributed by atoms with van der Waals surface area (Å²) in [5.41, 5.74) is 7.16. The number of nitrogens with zero attached hydrogens (tertiary/aromatic N) is 2. The Balaban J connectivity index is 1.44. The number of carboxylic acids is 1. The van der Waals surface area contributed by atoms with E-state index >= 15 is 0 Å². The maximum absolute atomic E-state index is 13.6. The van der Waals surface area contributed by atoms with Crippen molar-refractivity contribution in [2.75, 3.05) is 19.7 Å². The average Bonchev–Trinajstić information content (AvgIpc) is 3.43. The van der Waals surface area contributed by atoms with Crippen molar-refractivity contribution in [1.82, 2.24) is 9.80 Å². The number of piperidine rings is 1. The lowest BCUT2D eigenvalue weighted by Crippen LogP contribution is -2.47. The van der Waals surface area contributed by atoms with Crippen LogP contribution in [0.1, 0.15) is 69.7 Å². The van der Waals surface area contributed by atoms with Crippen LogP contribution < -0.4 is 4.74 Å². The van der Waals surface area contributed by atoms with Crippen LogP contribution in [0.15, 0.2) is 59.2 Å². The third-order valence-electron chi connectivity index (χ3n) is 7.71. The third-order valence-corrected chi connectivity index (χ3v) is 7.71. The Hall–Kier alpha value is -3.53. The maximum atomic E-state index is 13.6. The van der Waals surface area contributed by atoms with Gasteiger partial charge in [-0.25, -0.2) is 0 Å². The fourth-order valence-electron chi connectivity index (χ4n) is 5.27. The fraction of sp³-hybridized carbons (Fsp3) is 0.500. The van der Waals surface area contributed by atoms with Crippen molar-refractivity contribution in [2.45, 2.75) is 65.3 Å². The molecule has 0 unspecified atom stereocenters. The van der Waals surface area contributed by atoms with Crippen molar-refractivity contribution in [3.05, 3.63) is 64.7 Å². The second-order valence-corrected chi connectivity index (χ2v) is 10.6. The number of hydrogen-bond donors (Lipinski definition) is 1. The second kappa shape index (κ2) is 11.2. The average molecular weight is 505 g/mol. The Kier molecular flexibility index (Phi) is 8.06. The summed E-state index contributed by atoms with van der Waals surface area (Å²) < 4.78 is 5.70. The molecule has 0 radical (unpaired) electrons. The number of benzene rings is 1. The highest BCUT2D eigenvalue weighted by Gasteiger charge is 2.39. The number of likely N-dealkylation sites (tertiary alicyclic amines) is 1. The summed E-state index contributed by atoms with van der Waals surface area (Å²) in [6.45, 7) is 6.77. The van der Waals surface area contributed by atoms with Crippen LogP contribution in [-0.2, 0) is 9.59 Å². The first-order valence-corrected chi connectivity index (χ1v) is 13.2. The molecule has 1 saturated carbocycles. The van der Waals surface area contributed by atoms with Crippen molar-refractivity contribution in [3.63, 3.8) is 0 Å². The largest absolute Gasteiger partial charge is 0.494 e. The van der Waals surface area contributed by atoms with Crippen LogP contribution in [-0.4, -0.2) is 58.4 Å². The highest BCUT2D eigenvalue weighted by molar-refractivity contribution is 5.97. The molecule has 1 atom stereocenters. The highest BCUT2D eigenvalue weighted by atomic mass is 16.5. The Morgan fingerprint density at radius 1 is 1.14 bits per heavy atom. The molecule has 1 aromatic carbocycles. The zero-order valence-corrected chi connectivity index (χ0v) is 22.0. The van der Waals surface area contributed by atoms with Gasteiger partial charge in [-0.15, -0.1) is 0 Å². The van der Waals surface area contributed by atoms with Crippen LogP contribution >= 0.6 is 0 Å². The standard InChI is InChI=1S/C30H36N2O5/c1-4-31(22-9-5-6-10-22)28(34)25-17-19-32(26-12-8-7-11-24(25)26)27(33)21-13-15-23(16-14-21)37-20-18-30(2,3)29(35)36/h7,11,13-16,22,25H,4-6,9-10,17-20H2,1-3H3,(H,35,36)/t25-/m0/s1. The van der Waals surface area contributed by atoms with Gasteiger partial charge < -0.3 is 19.6 Å². The maximum Gasteiger partial charge on any atom is 0.309 e. The number of fused-ring (bicyclic) bond motifs is 1. The molecule has 1 aliphatic heterocycles. The van der Waals surface area contributed by atoms with Gasteiger partial charge in [-0.05, 0) is 94.2 Å². The Morgan fingerprint density at radius 2 is 1.84 bits per heavy atom. The summed E-state index contributed by atoms with van der Waals surface area (Å²) in [5.74, 6) is -0.581. The summed E-state index contributed by atoms with van der Waals surface area (Å²) in [6, 6.07) is 7.18. The number of allylic oxidation sites excluding steroid dienone is 3. The molecule has 1 saturated heterocycles. The highest BCUT2D eigenvalue weighted by Crippen LogP contribution is 2.36. The number of hydrogen-bond acceptors (Lipinski definition) is 4. The van der Waals surface area contributed by atoms with Crippen molar-refractivity contribution < 1.29 is 24.2 Å². The normalized spacial score (nSPS) is 19.2. The van der Waals surface area contributed by atoms with Gasteiger partial charge in [0.1, 0.15) is 5.75 Å². The molecular weight excluding hydrogens is 468 g/mol. The van der Waals surface area contributed by atoms with E-state index in [2.05, 4.69) is 11.5 Å². The minimum Gasteiger partial charge on any atom is -0.494 e. The number of rotatable bonds is 9. The van der Waals surface area contributed by atoms with Crippen LogP contribution in [0.4, 0.5) is 0 Å². The Labute approximate surface area is 218 Å². The summed E-state index contributed by atoms with van der Waals surface area (Å²) in [5, 5.41) is 9.24. The van der Waals surface area contributed by atoms with Gasteiger partial charge in [0.25, 0.3) is 5.91 Å². The number of carbonyl (C=O) groups is 3. The topological polar surface area (TPSA) is 87.2 Å². The van der Waals surface area contributed by atoms with Crippen molar-refractivity contribution in [3.8, 4) is 5.75 Å². The predicted octanol–water partition coefficient (Wildman–Crippen LogP) is 4.95. The summed E-state index contributed by atoms with van der Waals surface area (Å²) in [6.07, 6.45) is 9.07. The second-order valence-electron chi connectivity index (χ2n) is 10.6. The molecule has 7 nitrogen and oxygen atoms in total. The minimum absolute atomic E-state index is 0.148. The zero-order valence-electron chi connectivity index (χ0n) is 22.0. The van der Waals surface area contributed by atoms with Crippen molar-refractivity contribution >= 4 is 17.8 Å². The molecule has 4 rings (SSSR count). The molecule has 2 fully saturated rings. The quantitative estimate of drug-likeness (QED) is 0.481. The summed E-state index contributed by atoms with van der Waals surface area (Å²) in [7, 11) is 0. The Morgan fingerprint density at radius 3 is 2.49 bits per heavy atom. The molecule has 0 bridgehead atoms. The van der Waals surface area contributed by atoms with Gasteiger partial charge in [-0.2, -0.15) is 0 Å². The van der Waals surface area contributed by atoms with E-state index in [1.807, 2.05) is 17.9 Å². The number of amides is 2. The molecule has 0 spiro atoms. The van der Waals surface area contributed by atoms with Crippen LogP contribution in [0.2, 0.25) is 0 Å². The lowest BCUT2D eigenvalue weighted by molar-refractivity contribution is -0.147. The van der Waals surface area contributed by atoms with E-state index in [-0.39, 0.29) is 24.3 Å². The van der Waals surface area contributed by atoms with E-state index < -0.39 is 11.4 Å². The van der Waals surface area contributed by atoms with Gasteiger partial charge in [0.2, 0.25) is 5.91 Å². The van der Waals surface area contributed by atoms with Gasteiger partial charge in [0.05, 0.1) is 23.6 Å². The monoisotopic (exact) mass is 504 g/mol. The molecule has 196 valence electrons. The lowest BCUT2D eigenvalue weighted by atomic mass is 9.85. The first-order valence-electron chi connectivity index (χ1n) is 13.2. The third kappa shape index (κ3) is 5.74. The molecule has 2 amide bonds. The number of aliphatic carboxylic acids is 1. The van der Waals surface area contributed by atoms with E-state index in [0.29, 0.717) is 49.0 Å². The van der Waals surface area contributed by atoms with Gasteiger partial charge in [-0.1, -0.05) is 18.6 Å². The van der Waals surface area contributed by atoms with Crippen molar-refractivity contribution in [1.29, 1.82) is 0 Å². The minimum atomic E-state index is -0.865. The summed E-state index contributed by atoms with van der Waals surface area (Å²) in [4.78, 5) is 42.0. The van der Waals surface area contributed by atoms with Gasteiger partial charge in [0.15, 0.2) is 0 Å². The van der Waals surface area contributed by atoms with Crippen molar-refractivity contribution in [2.24, 2.45) is 11.3 Å². The zero-order chi connectivity index (χ0) is 26.6. The molecule has 3 aliphatic rings. The number of carboxylic acid groups (broad SMARTS) is 1. The summed E-state index contributed by atoms with van der Waals surface area (Å²) >= 11 is 0. The molecule has 0 aromatic heterocycles. The van der Waals surface area contributed by atoms with Crippen LogP contribution in [0.5, 0.6) is 5.75 Å². The lowest BCUT2D eigenvalue weighted by Gasteiger charge is -2.38. The fourth-order valence-corrected chi connectivity index (χ4v) is 5.27. The van der Waals surface area contributed by atoms with Crippen LogP contribution in [0.25, 0.3) is 0 Å². The van der Waals surface area contributed by atoms with E-state index in [0.717, 1.165) is 18.4 Å². The van der Waals surface area contributed by atoms with Gasteiger partial charge in [-0.3, -0.25) is 14.4 Å². The van der Waals surface area contributed by atoms with Gasteiger partial charge >= 0.3 is 5.97 Å². The Bertz CT molecular complexity index is 1180. The molecule has 1 N–H and O–H groups in total. The van der Waals surface area contributed by atoms with E-state index in [4.69, 9.17) is 4.74 Å². The van der Waals surface area contributed by atoms with E-state index in [1.165, 1.54) is 12.8 Å². The van der Waals surface area contributed by atoms with Crippen LogP contribution in [0, 0.1) is 11.3 Å². The smallest absolute Gasteiger partial charge is 0.309 e. The predicted molar refractivity (Wildman–Crippen MR) is 140 cm³/mol. The molecule has 2 aliphatic carbocycles.